The molecule has 158 valence electrons. The van der Waals surface area contributed by atoms with Gasteiger partial charge in [-0.1, -0.05) is 38.5 Å². The summed E-state index contributed by atoms with van der Waals surface area (Å²) in [5, 5.41) is 23.5. The van der Waals surface area contributed by atoms with Gasteiger partial charge in [0.25, 0.3) is 0 Å². The molecule has 0 spiro atoms. The van der Waals surface area contributed by atoms with Gasteiger partial charge in [-0.25, -0.2) is 4.79 Å². The molecule has 2 aliphatic rings. The van der Waals surface area contributed by atoms with Crippen molar-refractivity contribution < 1.29 is 23.9 Å². The number of hydrogen-bond acceptors (Lipinski definition) is 5. The van der Waals surface area contributed by atoms with Crippen molar-refractivity contribution in [2.75, 3.05) is 11.5 Å². The molecular weight excluding hydrogens is 364 g/mol. The maximum absolute atomic E-state index is 11.1. The van der Waals surface area contributed by atoms with Crippen molar-refractivity contribution in [3.8, 4) is 0 Å². The number of carbonyl (C=O) groups is 2. The molecule has 2 fully saturated rings. The predicted molar refractivity (Wildman–Crippen MR) is 111 cm³/mol. The van der Waals surface area contributed by atoms with Gasteiger partial charge >= 0.3 is 5.97 Å². The van der Waals surface area contributed by atoms with E-state index in [2.05, 4.69) is 5.32 Å². The first-order valence-electron chi connectivity index (χ1n) is 11.6. The summed E-state index contributed by atoms with van der Waals surface area (Å²) in [5.74, 6) is -2.28. The lowest BCUT2D eigenvalue weighted by Gasteiger charge is -2.30. The predicted octanol–water partition coefficient (Wildman–Crippen LogP) is 2.93. The summed E-state index contributed by atoms with van der Waals surface area (Å²) in [6.45, 7) is -1.31. The molecule has 4 N–H and O–H groups in total. The molecule has 2 rings (SSSR count). The molecule has 27 heavy (non-hydrogen) atoms. The fourth-order valence-electron chi connectivity index (χ4n) is 3.56. The van der Waals surface area contributed by atoms with Gasteiger partial charge in [0, 0.05) is 34.6 Å². The van der Waals surface area contributed by atoms with E-state index in [0.717, 1.165) is 23.8 Å². The van der Waals surface area contributed by atoms with Crippen LogP contribution in [0.1, 0.15) is 82.1 Å². The third-order valence-electron chi connectivity index (χ3n) is 4.93. The van der Waals surface area contributed by atoms with E-state index >= 15 is 0 Å². The Kier molecular flexibility index (Phi) is 10.3. The van der Waals surface area contributed by atoms with Crippen molar-refractivity contribution in [1.29, 1.82) is 0 Å². The molecule has 2 saturated carbocycles. The van der Waals surface area contributed by atoms with Crippen LogP contribution in [-0.4, -0.2) is 57.8 Å². The fraction of sp³-hybridized carbons (Fsp3) is 0.900. The van der Waals surface area contributed by atoms with E-state index in [9.17, 15) is 9.59 Å². The normalized spacial score (nSPS) is 23.0. The summed E-state index contributed by atoms with van der Waals surface area (Å²) in [6.07, 6.45) is 14.0. The topological polar surface area (TPSA) is 98.7 Å². The maximum atomic E-state index is 11.1. The molecule has 0 saturated heterocycles. The highest BCUT2D eigenvalue weighted by atomic mass is 32.2. The van der Waals surface area contributed by atoms with Gasteiger partial charge in [-0.05, 0) is 32.6 Å². The number of carboxylic acid groups (broad SMARTS) is 1. The fourth-order valence-corrected chi connectivity index (χ4v) is 4.50. The number of aliphatic hydroxyl groups excluding tert-OH is 1. The first-order valence-corrected chi connectivity index (χ1v) is 11.3. The number of carboxylic acids is 1. The van der Waals surface area contributed by atoms with Gasteiger partial charge in [-0.3, -0.25) is 4.79 Å². The van der Waals surface area contributed by atoms with Crippen molar-refractivity contribution in [1.82, 2.24) is 10.6 Å². The Balaban J connectivity index is 0.000000308. The van der Waals surface area contributed by atoms with E-state index in [1.54, 1.807) is 6.92 Å². The Morgan fingerprint density at radius 1 is 1.04 bits per heavy atom. The van der Waals surface area contributed by atoms with Crippen LogP contribution in [0, 0.1) is 0 Å². The zero-order chi connectivity index (χ0) is 22.6. The molecule has 6 nitrogen and oxygen atoms in total. The van der Waals surface area contributed by atoms with Crippen molar-refractivity contribution >= 4 is 23.6 Å². The Hall–Kier alpha value is -0.790. The molecule has 2 atom stereocenters. The molecule has 0 aromatic rings. The Morgan fingerprint density at radius 2 is 1.56 bits per heavy atom. The van der Waals surface area contributed by atoms with Crippen LogP contribution < -0.4 is 10.6 Å². The van der Waals surface area contributed by atoms with E-state index in [-0.39, 0.29) is 5.75 Å². The quantitative estimate of drug-likeness (QED) is 0.496. The average Bonchev–Trinajstić information content (AvgIpc) is 2.68. The Morgan fingerprint density at radius 3 is 1.96 bits per heavy atom. The van der Waals surface area contributed by atoms with Crippen molar-refractivity contribution in [2.24, 2.45) is 0 Å². The summed E-state index contributed by atoms with van der Waals surface area (Å²) >= 11 is 1.12. The van der Waals surface area contributed by atoms with Crippen LogP contribution in [-0.2, 0) is 9.59 Å². The lowest BCUT2D eigenvalue weighted by molar-refractivity contribution is -0.140. The summed E-state index contributed by atoms with van der Waals surface area (Å²) in [5.41, 5.74) is 0. The first-order chi connectivity index (χ1) is 14.1. The minimum atomic E-state index is -2.86. The smallest absolute Gasteiger partial charge is 0.327 e. The van der Waals surface area contributed by atoms with Crippen LogP contribution in [0.25, 0.3) is 0 Å². The van der Waals surface area contributed by atoms with E-state index in [1.165, 1.54) is 64.2 Å². The molecule has 0 radical (unpaired) electrons. The van der Waals surface area contributed by atoms with Crippen LogP contribution >= 0.6 is 11.8 Å². The third-order valence-corrected chi connectivity index (χ3v) is 6.22. The molecule has 2 aliphatic carbocycles. The standard InChI is InChI=1S/C12H23N.C8H15NO4S/c1-3-7-11(8-4-1)13-12-9-5-2-6-10-12;1-5(10)3-14-4-7(8(12)13)9-6(2)11/h11-13H,1-10H2;5,7,10H,3-4H2,1-2H3,(H,9,11)(H,12,13)/t;5?,7-/m.0/s1/i;2D3. The second-order valence-corrected chi connectivity index (χ2v) is 8.66. The van der Waals surface area contributed by atoms with Crippen LogP contribution in [0.3, 0.4) is 0 Å². The van der Waals surface area contributed by atoms with Crippen LogP contribution in [0.15, 0.2) is 0 Å². The lowest BCUT2D eigenvalue weighted by atomic mass is 9.91. The van der Waals surface area contributed by atoms with Crippen molar-refractivity contribution in [3.05, 3.63) is 0 Å². The number of nitrogens with one attached hydrogen (secondary N) is 2. The molecule has 0 aromatic heterocycles. The van der Waals surface area contributed by atoms with Crippen molar-refractivity contribution in [2.45, 2.75) is 102 Å². The third kappa shape index (κ3) is 12.3. The Labute approximate surface area is 172 Å². The van der Waals surface area contributed by atoms with Gasteiger partial charge < -0.3 is 20.8 Å². The van der Waals surface area contributed by atoms with E-state index in [4.69, 9.17) is 14.3 Å². The molecule has 0 aliphatic heterocycles. The number of rotatable bonds is 8. The zero-order valence-corrected chi connectivity index (χ0v) is 17.2. The zero-order valence-electron chi connectivity index (χ0n) is 19.4. The van der Waals surface area contributed by atoms with Gasteiger partial charge in [0.2, 0.25) is 5.91 Å². The number of aliphatic carboxylic acids is 1. The molecule has 0 bridgehead atoms. The van der Waals surface area contributed by atoms with E-state index in [0.29, 0.717) is 5.75 Å². The molecule has 0 aromatic carbocycles. The summed E-state index contributed by atoms with van der Waals surface area (Å²) in [7, 11) is 0. The van der Waals surface area contributed by atoms with Crippen LogP contribution in [0.4, 0.5) is 0 Å². The van der Waals surface area contributed by atoms with Gasteiger partial charge in [-0.2, -0.15) is 11.8 Å². The van der Waals surface area contributed by atoms with Gasteiger partial charge in [0.05, 0.1) is 6.10 Å². The first kappa shape index (κ1) is 19.5. The molecule has 1 amide bonds. The molecular formula is C20H38N2O4S. The number of aliphatic hydroxyl groups is 1. The highest BCUT2D eigenvalue weighted by molar-refractivity contribution is 7.99. The molecule has 0 heterocycles. The summed E-state index contributed by atoms with van der Waals surface area (Å²) in [6, 6.07) is 0.473. The average molecular weight is 406 g/mol. The second kappa shape index (κ2) is 14.2. The number of carbonyl (C=O) groups excluding carboxylic acids is 1. The van der Waals surface area contributed by atoms with Gasteiger partial charge in [0.15, 0.2) is 0 Å². The minimum Gasteiger partial charge on any atom is -0.480 e. The highest BCUT2D eigenvalue weighted by Gasteiger charge is 2.19. The Bertz CT molecular complexity index is 493. The van der Waals surface area contributed by atoms with Gasteiger partial charge in [-0.15, -0.1) is 0 Å². The van der Waals surface area contributed by atoms with E-state index in [1.807, 2.05) is 5.32 Å². The van der Waals surface area contributed by atoms with Crippen LogP contribution in [0.2, 0.25) is 0 Å². The van der Waals surface area contributed by atoms with Gasteiger partial charge in [0.1, 0.15) is 6.04 Å². The number of amides is 1. The second-order valence-electron chi connectivity index (χ2n) is 7.59. The molecule has 1 unspecified atom stereocenters. The number of hydrogen-bond donors (Lipinski definition) is 4. The lowest BCUT2D eigenvalue weighted by Crippen LogP contribution is -2.41. The van der Waals surface area contributed by atoms with E-state index < -0.39 is 30.9 Å². The SMILES string of the molecule is C1CCC(NC2CCCCC2)CC1.[2H]C([2H])([2H])C(=O)N[C@@H](CSCC(C)O)C(=O)O. The monoisotopic (exact) mass is 405 g/mol. The summed E-state index contributed by atoms with van der Waals surface area (Å²) < 4.78 is 20.4. The maximum Gasteiger partial charge on any atom is 0.327 e. The minimum absolute atomic E-state index is 0.00204. The van der Waals surface area contributed by atoms with Crippen LogP contribution in [0.5, 0.6) is 0 Å². The highest BCUT2D eigenvalue weighted by Crippen LogP contribution is 2.22. The number of thioether (sulfide) groups is 1. The summed E-state index contributed by atoms with van der Waals surface area (Å²) in [4.78, 5) is 21.8. The largest absolute Gasteiger partial charge is 0.480 e. The van der Waals surface area contributed by atoms with Crippen molar-refractivity contribution in [3.63, 3.8) is 0 Å². The molecule has 7 heteroatoms.